The van der Waals surface area contributed by atoms with Crippen LogP contribution in [-0.4, -0.2) is 13.2 Å². The van der Waals surface area contributed by atoms with Gasteiger partial charge in [0.15, 0.2) is 11.5 Å². The van der Waals surface area contributed by atoms with Gasteiger partial charge in [0.25, 0.3) is 0 Å². The van der Waals surface area contributed by atoms with Gasteiger partial charge in [0, 0.05) is 18.7 Å². The van der Waals surface area contributed by atoms with Crippen LogP contribution in [0.3, 0.4) is 0 Å². The van der Waals surface area contributed by atoms with Crippen LogP contribution in [0.15, 0.2) is 36.4 Å². The smallest absolute Gasteiger partial charge is 0.163 e. The summed E-state index contributed by atoms with van der Waals surface area (Å²) in [5, 5.41) is 3.36. The zero-order chi connectivity index (χ0) is 14.7. The lowest BCUT2D eigenvalue weighted by atomic mass is 10.1. The van der Waals surface area contributed by atoms with Crippen LogP contribution in [-0.2, 0) is 13.0 Å². The number of nitrogens with one attached hydrogen (secondary N) is 1. The van der Waals surface area contributed by atoms with Gasteiger partial charge >= 0.3 is 0 Å². The highest BCUT2D eigenvalue weighted by atomic mass is 16.6. The molecule has 0 fully saturated rings. The topological polar surface area (TPSA) is 56.5 Å². The number of anilines is 2. The molecule has 110 valence electrons. The Balaban J connectivity index is 1.72. The van der Waals surface area contributed by atoms with Crippen molar-refractivity contribution in [1.29, 1.82) is 0 Å². The van der Waals surface area contributed by atoms with Crippen molar-refractivity contribution in [3.8, 4) is 11.5 Å². The van der Waals surface area contributed by atoms with Crippen molar-refractivity contribution >= 4 is 11.4 Å². The van der Waals surface area contributed by atoms with E-state index in [1.807, 2.05) is 12.1 Å². The van der Waals surface area contributed by atoms with Crippen LogP contribution < -0.4 is 20.5 Å². The summed E-state index contributed by atoms with van der Waals surface area (Å²) in [6.45, 7) is 4.04. The highest BCUT2D eigenvalue weighted by molar-refractivity contribution is 5.72. The molecule has 1 aliphatic rings. The summed E-state index contributed by atoms with van der Waals surface area (Å²) in [5.74, 6) is 1.47. The van der Waals surface area contributed by atoms with Crippen LogP contribution >= 0.6 is 0 Å². The summed E-state index contributed by atoms with van der Waals surface area (Å²) >= 11 is 0. The number of hydrogen-bond acceptors (Lipinski definition) is 4. The Morgan fingerprint density at radius 3 is 2.29 bits per heavy atom. The van der Waals surface area contributed by atoms with E-state index in [1.165, 1.54) is 11.1 Å². The largest absolute Gasteiger partial charge is 0.486 e. The third-order valence-corrected chi connectivity index (χ3v) is 3.63. The van der Waals surface area contributed by atoms with Crippen molar-refractivity contribution in [3.63, 3.8) is 0 Å². The molecule has 0 unspecified atom stereocenters. The molecule has 1 aliphatic heterocycles. The molecule has 0 saturated heterocycles. The monoisotopic (exact) mass is 284 g/mol. The molecule has 4 nitrogen and oxygen atoms in total. The van der Waals surface area contributed by atoms with Gasteiger partial charge in [-0.05, 0) is 17.5 Å². The highest BCUT2D eigenvalue weighted by Gasteiger charge is 2.14. The summed E-state index contributed by atoms with van der Waals surface area (Å²) < 4.78 is 11.1. The molecule has 0 aliphatic carbocycles. The van der Waals surface area contributed by atoms with Crippen molar-refractivity contribution in [3.05, 3.63) is 47.5 Å². The van der Waals surface area contributed by atoms with E-state index < -0.39 is 0 Å². The Labute approximate surface area is 124 Å². The molecule has 0 atom stereocenters. The molecule has 21 heavy (non-hydrogen) atoms. The molecule has 2 aromatic rings. The number of fused-ring (bicyclic) bond motifs is 1. The van der Waals surface area contributed by atoms with Crippen molar-refractivity contribution in [2.75, 3.05) is 24.3 Å². The average Bonchev–Trinajstić information content (AvgIpc) is 2.53. The van der Waals surface area contributed by atoms with Crippen molar-refractivity contribution < 1.29 is 9.47 Å². The lowest BCUT2D eigenvalue weighted by molar-refractivity contribution is 0.172. The summed E-state index contributed by atoms with van der Waals surface area (Å²) in [6.07, 6.45) is 1.06. The standard InChI is InChI=1S/C17H20N2O2/c1-2-12-3-5-13(6-4-12)11-19-15-10-17-16(9-14(15)18)20-7-8-21-17/h3-6,9-10,19H,2,7-8,11,18H2,1H3. The van der Waals surface area contributed by atoms with Crippen LogP contribution in [0.25, 0.3) is 0 Å². The summed E-state index contributed by atoms with van der Waals surface area (Å²) in [7, 11) is 0. The molecule has 1 heterocycles. The lowest BCUT2D eigenvalue weighted by Gasteiger charge is -2.20. The normalized spacial score (nSPS) is 13.0. The van der Waals surface area contributed by atoms with Gasteiger partial charge in [-0.2, -0.15) is 0 Å². The maximum Gasteiger partial charge on any atom is 0.163 e. The van der Waals surface area contributed by atoms with Crippen LogP contribution in [0.1, 0.15) is 18.1 Å². The SMILES string of the molecule is CCc1ccc(CNc2cc3c(cc2N)OCCO3)cc1. The first kappa shape index (κ1) is 13.6. The zero-order valence-corrected chi connectivity index (χ0v) is 12.2. The van der Waals surface area contributed by atoms with E-state index >= 15 is 0 Å². The van der Waals surface area contributed by atoms with Gasteiger partial charge in [-0.25, -0.2) is 0 Å². The summed E-state index contributed by atoms with van der Waals surface area (Å²) in [5.41, 5.74) is 10.2. The molecule has 2 aromatic carbocycles. The molecule has 0 bridgehead atoms. The summed E-state index contributed by atoms with van der Waals surface area (Å²) in [6, 6.07) is 12.3. The Morgan fingerprint density at radius 2 is 1.62 bits per heavy atom. The minimum atomic E-state index is 0.572. The van der Waals surface area contributed by atoms with Crippen LogP contribution in [0.4, 0.5) is 11.4 Å². The predicted molar refractivity (Wildman–Crippen MR) is 85.0 cm³/mol. The van der Waals surface area contributed by atoms with Gasteiger partial charge in [-0.3, -0.25) is 0 Å². The van der Waals surface area contributed by atoms with Gasteiger partial charge in [0.2, 0.25) is 0 Å². The third-order valence-electron chi connectivity index (χ3n) is 3.63. The minimum absolute atomic E-state index is 0.572. The van der Waals surface area contributed by atoms with Crippen molar-refractivity contribution in [2.45, 2.75) is 19.9 Å². The molecule has 0 saturated carbocycles. The fourth-order valence-electron chi connectivity index (χ4n) is 2.35. The second kappa shape index (κ2) is 5.95. The zero-order valence-electron chi connectivity index (χ0n) is 12.2. The summed E-state index contributed by atoms with van der Waals surface area (Å²) in [4.78, 5) is 0. The van der Waals surface area contributed by atoms with E-state index in [4.69, 9.17) is 15.2 Å². The number of nitrogen functional groups attached to an aromatic ring is 1. The number of hydrogen-bond donors (Lipinski definition) is 2. The van der Waals surface area contributed by atoms with E-state index in [0.717, 1.165) is 30.2 Å². The second-order valence-corrected chi connectivity index (χ2v) is 5.11. The molecule has 3 rings (SSSR count). The highest BCUT2D eigenvalue weighted by Crippen LogP contribution is 2.37. The second-order valence-electron chi connectivity index (χ2n) is 5.11. The van der Waals surface area contributed by atoms with E-state index in [2.05, 4.69) is 36.5 Å². The Bertz CT molecular complexity index is 623. The van der Waals surface area contributed by atoms with Gasteiger partial charge in [0.05, 0.1) is 11.4 Å². The van der Waals surface area contributed by atoms with Gasteiger partial charge < -0.3 is 20.5 Å². The first-order valence-corrected chi connectivity index (χ1v) is 7.27. The number of ether oxygens (including phenoxy) is 2. The Hall–Kier alpha value is -2.36. The number of nitrogens with two attached hydrogens (primary N) is 1. The van der Waals surface area contributed by atoms with Gasteiger partial charge in [0.1, 0.15) is 13.2 Å². The molecule has 0 aromatic heterocycles. The molecule has 3 N–H and O–H groups in total. The first-order valence-electron chi connectivity index (χ1n) is 7.27. The predicted octanol–water partition coefficient (Wildman–Crippen LogP) is 3.21. The van der Waals surface area contributed by atoms with Crippen LogP contribution in [0.2, 0.25) is 0 Å². The Morgan fingerprint density at radius 1 is 1.00 bits per heavy atom. The fourth-order valence-corrected chi connectivity index (χ4v) is 2.35. The first-order chi connectivity index (χ1) is 10.3. The van der Waals surface area contributed by atoms with E-state index in [9.17, 15) is 0 Å². The number of benzene rings is 2. The molecule has 4 heteroatoms. The Kier molecular flexibility index (Phi) is 3.86. The average molecular weight is 284 g/mol. The van der Waals surface area contributed by atoms with E-state index in [-0.39, 0.29) is 0 Å². The number of rotatable bonds is 4. The lowest BCUT2D eigenvalue weighted by Crippen LogP contribution is -2.16. The van der Waals surface area contributed by atoms with Crippen LogP contribution in [0, 0.1) is 0 Å². The van der Waals surface area contributed by atoms with Crippen molar-refractivity contribution in [2.24, 2.45) is 0 Å². The third kappa shape index (κ3) is 3.05. The minimum Gasteiger partial charge on any atom is -0.486 e. The number of aryl methyl sites for hydroxylation is 1. The molecule has 0 radical (unpaired) electrons. The van der Waals surface area contributed by atoms with Crippen LogP contribution in [0.5, 0.6) is 11.5 Å². The van der Waals surface area contributed by atoms with Gasteiger partial charge in [-0.1, -0.05) is 31.2 Å². The van der Waals surface area contributed by atoms with Gasteiger partial charge in [-0.15, -0.1) is 0 Å². The van der Waals surface area contributed by atoms with Crippen molar-refractivity contribution in [1.82, 2.24) is 0 Å². The maximum atomic E-state index is 6.06. The fraction of sp³-hybridized carbons (Fsp3) is 0.294. The van der Waals surface area contributed by atoms with E-state index in [1.54, 1.807) is 0 Å². The molecular formula is C17H20N2O2. The quantitative estimate of drug-likeness (QED) is 0.846. The molecular weight excluding hydrogens is 264 g/mol. The van der Waals surface area contributed by atoms with E-state index in [0.29, 0.717) is 18.9 Å². The molecule has 0 spiro atoms. The maximum absolute atomic E-state index is 6.06. The molecule has 0 amide bonds.